The largest absolute Gasteiger partial charge is 0.480 e. The molecule has 0 bridgehead atoms. The fourth-order valence-corrected chi connectivity index (χ4v) is 2.69. The molecule has 108 valence electrons. The second-order valence-corrected chi connectivity index (χ2v) is 6.74. The molecule has 3 N–H and O–H groups in total. The van der Waals surface area contributed by atoms with E-state index in [2.05, 4.69) is 0 Å². The number of likely N-dealkylation sites (tertiary alicyclic amines) is 1. The summed E-state index contributed by atoms with van der Waals surface area (Å²) in [7, 11) is 0. The fraction of sp³-hybridized carbons (Fsp3) is 0.846. The van der Waals surface area contributed by atoms with Crippen LogP contribution in [0.3, 0.4) is 0 Å². The number of amides is 1. The van der Waals surface area contributed by atoms with Gasteiger partial charge >= 0.3 is 12.1 Å². The van der Waals surface area contributed by atoms with Crippen LogP contribution in [0.4, 0.5) is 4.79 Å². The minimum absolute atomic E-state index is 0.267. The molecule has 1 spiro atoms. The van der Waals surface area contributed by atoms with Crippen LogP contribution in [0, 0.1) is 0 Å². The number of rotatable bonds is 1. The van der Waals surface area contributed by atoms with Gasteiger partial charge in [0.05, 0.1) is 0 Å². The highest BCUT2D eigenvalue weighted by Crippen LogP contribution is 2.51. The highest BCUT2D eigenvalue weighted by molar-refractivity contribution is 5.80. The van der Waals surface area contributed by atoms with E-state index in [0.717, 1.165) is 12.8 Å². The molecule has 1 aliphatic heterocycles. The summed E-state index contributed by atoms with van der Waals surface area (Å²) in [5, 5.41) is 9.21. The van der Waals surface area contributed by atoms with Gasteiger partial charge in [-0.15, -0.1) is 0 Å². The second kappa shape index (κ2) is 4.10. The molecule has 0 aromatic carbocycles. The Kier molecular flexibility index (Phi) is 3.04. The molecule has 1 aliphatic carbocycles. The predicted molar refractivity (Wildman–Crippen MR) is 68.7 cm³/mol. The molecule has 1 atom stereocenters. The van der Waals surface area contributed by atoms with Crippen LogP contribution in [-0.4, -0.2) is 45.3 Å². The van der Waals surface area contributed by atoms with Crippen LogP contribution >= 0.6 is 0 Å². The van der Waals surface area contributed by atoms with E-state index in [-0.39, 0.29) is 12.5 Å². The molecule has 1 amide bonds. The summed E-state index contributed by atoms with van der Waals surface area (Å²) >= 11 is 0. The third-order valence-electron chi connectivity index (χ3n) is 3.87. The number of nitrogens with two attached hydrogens (primary N) is 1. The van der Waals surface area contributed by atoms with Crippen molar-refractivity contribution in [2.24, 2.45) is 5.73 Å². The van der Waals surface area contributed by atoms with Gasteiger partial charge in [-0.05, 0) is 46.5 Å². The van der Waals surface area contributed by atoms with Crippen molar-refractivity contribution < 1.29 is 19.4 Å². The maximum atomic E-state index is 12.2. The van der Waals surface area contributed by atoms with Gasteiger partial charge in [-0.2, -0.15) is 0 Å². The van der Waals surface area contributed by atoms with E-state index in [4.69, 9.17) is 10.5 Å². The molecule has 6 nitrogen and oxygen atoms in total. The van der Waals surface area contributed by atoms with E-state index in [9.17, 15) is 14.7 Å². The van der Waals surface area contributed by atoms with Crippen molar-refractivity contribution in [3.63, 3.8) is 0 Å². The predicted octanol–water partition coefficient (Wildman–Crippen LogP) is 1.33. The standard InChI is InChI=1S/C13H22N2O4/c1-11(2,3)19-10(18)15-7-6-13(14,9(16)17)8-12(15)4-5-12/h4-8,14H2,1-3H3,(H,16,17). The molecule has 2 fully saturated rings. The summed E-state index contributed by atoms with van der Waals surface area (Å²) in [5.41, 5.74) is 3.78. The Bertz CT molecular complexity index is 411. The minimum atomic E-state index is -1.21. The summed E-state index contributed by atoms with van der Waals surface area (Å²) < 4.78 is 5.38. The first-order valence-electron chi connectivity index (χ1n) is 6.61. The van der Waals surface area contributed by atoms with Gasteiger partial charge in [0, 0.05) is 12.1 Å². The molecule has 0 radical (unpaired) electrons. The highest BCUT2D eigenvalue weighted by Gasteiger charge is 2.59. The summed E-state index contributed by atoms with van der Waals surface area (Å²) in [6.45, 7) is 5.80. The third-order valence-corrected chi connectivity index (χ3v) is 3.87. The first-order chi connectivity index (χ1) is 8.58. The molecular weight excluding hydrogens is 248 g/mol. The van der Waals surface area contributed by atoms with Gasteiger partial charge in [0.25, 0.3) is 0 Å². The monoisotopic (exact) mass is 270 g/mol. The Morgan fingerprint density at radius 2 is 1.84 bits per heavy atom. The molecule has 1 saturated carbocycles. The number of hydrogen-bond acceptors (Lipinski definition) is 4. The second-order valence-electron chi connectivity index (χ2n) is 6.74. The number of carboxylic acid groups (broad SMARTS) is 1. The quantitative estimate of drug-likeness (QED) is 0.750. The Labute approximate surface area is 112 Å². The lowest BCUT2D eigenvalue weighted by atomic mass is 9.82. The van der Waals surface area contributed by atoms with Crippen LogP contribution in [0.1, 0.15) is 46.5 Å². The zero-order valence-corrected chi connectivity index (χ0v) is 11.7. The number of hydrogen-bond donors (Lipinski definition) is 2. The van der Waals surface area contributed by atoms with Crippen LogP contribution in [0.25, 0.3) is 0 Å². The van der Waals surface area contributed by atoms with Crippen LogP contribution in [0.15, 0.2) is 0 Å². The third kappa shape index (κ3) is 2.68. The number of carboxylic acids is 1. The average Bonchev–Trinajstić information content (AvgIpc) is 2.94. The van der Waals surface area contributed by atoms with Gasteiger partial charge in [0.2, 0.25) is 0 Å². The summed E-state index contributed by atoms with van der Waals surface area (Å²) in [6, 6.07) is 0. The number of carbonyl (C=O) groups is 2. The van der Waals surface area contributed by atoms with E-state index in [1.807, 2.05) is 20.8 Å². The van der Waals surface area contributed by atoms with Crippen LogP contribution in [-0.2, 0) is 9.53 Å². The topological polar surface area (TPSA) is 92.9 Å². The fourth-order valence-electron chi connectivity index (χ4n) is 2.69. The zero-order chi connectivity index (χ0) is 14.5. The molecule has 1 saturated heterocycles. The van der Waals surface area contributed by atoms with Crippen LogP contribution < -0.4 is 5.73 Å². The smallest absolute Gasteiger partial charge is 0.410 e. The first-order valence-corrected chi connectivity index (χ1v) is 6.61. The molecule has 19 heavy (non-hydrogen) atoms. The molecule has 0 aromatic heterocycles. The normalized spacial score (nSPS) is 29.2. The molecule has 2 rings (SSSR count). The van der Waals surface area contributed by atoms with E-state index >= 15 is 0 Å². The number of piperidine rings is 1. The van der Waals surface area contributed by atoms with Crippen LogP contribution in [0.5, 0.6) is 0 Å². The van der Waals surface area contributed by atoms with E-state index in [1.54, 1.807) is 4.90 Å². The lowest BCUT2D eigenvalue weighted by molar-refractivity contribution is -0.146. The van der Waals surface area contributed by atoms with Crippen molar-refractivity contribution >= 4 is 12.1 Å². The van der Waals surface area contributed by atoms with Crippen molar-refractivity contribution in [2.45, 2.75) is 63.1 Å². The minimum Gasteiger partial charge on any atom is -0.480 e. The lowest BCUT2D eigenvalue weighted by Gasteiger charge is -2.43. The Morgan fingerprint density at radius 3 is 2.26 bits per heavy atom. The molecule has 2 aliphatic rings. The zero-order valence-electron chi connectivity index (χ0n) is 11.7. The van der Waals surface area contributed by atoms with Crippen LogP contribution in [0.2, 0.25) is 0 Å². The first kappa shape index (κ1) is 14.1. The molecule has 1 heterocycles. The van der Waals surface area contributed by atoms with Gasteiger partial charge in [-0.3, -0.25) is 4.79 Å². The van der Waals surface area contributed by atoms with Crippen molar-refractivity contribution in [3.05, 3.63) is 0 Å². The van der Waals surface area contributed by atoms with Gasteiger partial charge in [0.1, 0.15) is 11.1 Å². The van der Waals surface area contributed by atoms with E-state index < -0.39 is 22.6 Å². The number of aliphatic carboxylic acids is 1. The summed E-state index contributed by atoms with van der Waals surface area (Å²) in [5.74, 6) is -0.984. The maximum absolute atomic E-state index is 12.2. The Hall–Kier alpha value is -1.30. The summed E-state index contributed by atoms with van der Waals surface area (Å²) in [6.07, 6.45) is 1.83. The van der Waals surface area contributed by atoms with Gasteiger partial charge in [0.15, 0.2) is 0 Å². The van der Waals surface area contributed by atoms with Crippen molar-refractivity contribution in [2.75, 3.05) is 6.54 Å². The lowest BCUT2D eigenvalue weighted by Crippen LogP contribution is -2.61. The van der Waals surface area contributed by atoms with Crippen molar-refractivity contribution in [1.29, 1.82) is 0 Å². The SMILES string of the molecule is CC(C)(C)OC(=O)N1CCC(N)(C(=O)O)CC12CC2. The Morgan fingerprint density at radius 1 is 1.26 bits per heavy atom. The number of nitrogens with zero attached hydrogens (tertiary/aromatic N) is 1. The molecular formula is C13H22N2O4. The van der Waals surface area contributed by atoms with Gasteiger partial charge in [-0.1, -0.05) is 0 Å². The number of ether oxygens (including phenoxy) is 1. The molecule has 1 unspecified atom stereocenters. The Balaban J connectivity index is 2.10. The van der Waals surface area contributed by atoms with E-state index in [0.29, 0.717) is 13.0 Å². The maximum Gasteiger partial charge on any atom is 0.410 e. The van der Waals surface area contributed by atoms with Crippen molar-refractivity contribution in [3.8, 4) is 0 Å². The highest BCUT2D eigenvalue weighted by atomic mass is 16.6. The average molecular weight is 270 g/mol. The summed E-state index contributed by atoms with van der Waals surface area (Å²) in [4.78, 5) is 25.1. The molecule has 6 heteroatoms. The van der Waals surface area contributed by atoms with Gasteiger partial charge in [-0.25, -0.2) is 4.79 Å². The van der Waals surface area contributed by atoms with Gasteiger partial charge < -0.3 is 20.5 Å². The van der Waals surface area contributed by atoms with Crippen molar-refractivity contribution in [1.82, 2.24) is 4.90 Å². The number of carbonyl (C=O) groups excluding carboxylic acids is 1. The van der Waals surface area contributed by atoms with E-state index in [1.165, 1.54) is 0 Å². The molecule has 0 aromatic rings.